The summed E-state index contributed by atoms with van der Waals surface area (Å²) >= 11 is 0. The molecule has 0 saturated heterocycles. The SMILES string of the molecule is CN(C)C(=O)C1=C(N)c2ccccc2C1. The van der Waals surface area contributed by atoms with Crippen LogP contribution in [0.25, 0.3) is 5.70 Å². The molecule has 0 aromatic heterocycles. The van der Waals surface area contributed by atoms with Crippen LogP contribution in [0.5, 0.6) is 0 Å². The van der Waals surface area contributed by atoms with E-state index in [1.807, 2.05) is 24.3 Å². The summed E-state index contributed by atoms with van der Waals surface area (Å²) in [6.45, 7) is 0. The van der Waals surface area contributed by atoms with E-state index in [2.05, 4.69) is 0 Å². The lowest BCUT2D eigenvalue weighted by Gasteiger charge is -2.11. The molecule has 1 amide bonds. The van der Waals surface area contributed by atoms with Gasteiger partial charge in [0.25, 0.3) is 5.91 Å². The van der Waals surface area contributed by atoms with E-state index in [1.165, 1.54) is 0 Å². The fourth-order valence-corrected chi connectivity index (χ4v) is 1.85. The van der Waals surface area contributed by atoms with Crippen LogP contribution in [0.1, 0.15) is 11.1 Å². The van der Waals surface area contributed by atoms with Gasteiger partial charge in [0.15, 0.2) is 0 Å². The minimum absolute atomic E-state index is 0.00343. The van der Waals surface area contributed by atoms with Crippen molar-refractivity contribution in [2.24, 2.45) is 5.73 Å². The van der Waals surface area contributed by atoms with Gasteiger partial charge in [-0.15, -0.1) is 0 Å². The molecule has 0 radical (unpaired) electrons. The number of likely N-dealkylation sites (N-methyl/N-ethyl adjacent to an activating group) is 1. The highest BCUT2D eigenvalue weighted by molar-refractivity contribution is 6.03. The zero-order valence-electron chi connectivity index (χ0n) is 8.95. The summed E-state index contributed by atoms with van der Waals surface area (Å²) in [6, 6.07) is 7.88. The molecule has 1 aliphatic rings. The number of hydrogen-bond donors (Lipinski definition) is 1. The van der Waals surface area contributed by atoms with Crippen molar-refractivity contribution in [2.45, 2.75) is 6.42 Å². The van der Waals surface area contributed by atoms with Gasteiger partial charge in [0.1, 0.15) is 0 Å². The van der Waals surface area contributed by atoms with Gasteiger partial charge in [0, 0.05) is 37.3 Å². The minimum atomic E-state index is 0.00343. The highest BCUT2D eigenvalue weighted by Crippen LogP contribution is 2.29. The van der Waals surface area contributed by atoms with Crippen LogP contribution in [-0.4, -0.2) is 24.9 Å². The van der Waals surface area contributed by atoms with Crippen molar-refractivity contribution in [3.05, 3.63) is 41.0 Å². The van der Waals surface area contributed by atoms with Crippen LogP contribution in [-0.2, 0) is 11.2 Å². The van der Waals surface area contributed by atoms with E-state index in [-0.39, 0.29) is 5.91 Å². The molecule has 0 heterocycles. The number of hydrogen-bond acceptors (Lipinski definition) is 2. The summed E-state index contributed by atoms with van der Waals surface area (Å²) in [5.74, 6) is 0.00343. The van der Waals surface area contributed by atoms with Crippen molar-refractivity contribution in [2.75, 3.05) is 14.1 Å². The van der Waals surface area contributed by atoms with Gasteiger partial charge in [0.2, 0.25) is 0 Å². The number of rotatable bonds is 1. The molecule has 0 bridgehead atoms. The molecule has 0 unspecified atom stereocenters. The predicted octanol–water partition coefficient (Wildman–Crippen LogP) is 1.00. The highest BCUT2D eigenvalue weighted by Gasteiger charge is 2.24. The average Bonchev–Trinajstić information content (AvgIpc) is 2.56. The van der Waals surface area contributed by atoms with E-state index in [4.69, 9.17) is 5.73 Å². The lowest BCUT2D eigenvalue weighted by molar-refractivity contribution is -0.124. The van der Waals surface area contributed by atoms with Gasteiger partial charge in [-0.2, -0.15) is 0 Å². The average molecular weight is 202 g/mol. The molecule has 1 aromatic rings. The number of fused-ring (bicyclic) bond motifs is 1. The Balaban J connectivity index is 2.41. The first-order valence-corrected chi connectivity index (χ1v) is 4.90. The van der Waals surface area contributed by atoms with Crippen LogP contribution in [0.4, 0.5) is 0 Å². The molecule has 0 atom stereocenters. The van der Waals surface area contributed by atoms with E-state index < -0.39 is 0 Å². The number of nitrogens with two attached hydrogens (primary N) is 1. The third kappa shape index (κ3) is 1.50. The second-order valence-corrected chi connectivity index (χ2v) is 3.93. The summed E-state index contributed by atoms with van der Waals surface area (Å²) in [6.07, 6.45) is 0.652. The van der Waals surface area contributed by atoms with Gasteiger partial charge in [-0.1, -0.05) is 24.3 Å². The molecule has 0 aliphatic heterocycles. The fraction of sp³-hybridized carbons (Fsp3) is 0.250. The maximum atomic E-state index is 11.8. The Kier molecular flexibility index (Phi) is 2.23. The first-order chi connectivity index (χ1) is 7.11. The smallest absolute Gasteiger partial charge is 0.251 e. The standard InChI is InChI=1S/C12H14N2O/c1-14(2)12(15)10-7-8-5-3-4-6-9(8)11(10)13/h3-6H,7,13H2,1-2H3. The van der Waals surface area contributed by atoms with Crippen molar-refractivity contribution in [3.8, 4) is 0 Å². The van der Waals surface area contributed by atoms with Crippen molar-refractivity contribution in [1.29, 1.82) is 0 Å². The van der Waals surface area contributed by atoms with Gasteiger partial charge in [-0.3, -0.25) is 4.79 Å². The summed E-state index contributed by atoms with van der Waals surface area (Å²) < 4.78 is 0. The Hall–Kier alpha value is -1.77. The molecular formula is C12H14N2O. The van der Waals surface area contributed by atoms with Crippen LogP contribution in [0, 0.1) is 0 Å². The maximum absolute atomic E-state index is 11.8. The Morgan fingerprint density at radius 2 is 2.00 bits per heavy atom. The van der Waals surface area contributed by atoms with Gasteiger partial charge in [0.05, 0.1) is 0 Å². The molecule has 15 heavy (non-hydrogen) atoms. The third-order valence-electron chi connectivity index (χ3n) is 2.66. The third-order valence-corrected chi connectivity index (χ3v) is 2.66. The topological polar surface area (TPSA) is 46.3 Å². The zero-order chi connectivity index (χ0) is 11.0. The molecule has 2 rings (SSSR count). The summed E-state index contributed by atoms with van der Waals surface area (Å²) in [4.78, 5) is 13.4. The Morgan fingerprint density at radius 1 is 1.33 bits per heavy atom. The molecule has 78 valence electrons. The monoisotopic (exact) mass is 202 g/mol. The van der Waals surface area contributed by atoms with E-state index in [1.54, 1.807) is 19.0 Å². The van der Waals surface area contributed by atoms with E-state index >= 15 is 0 Å². The Morgan fingerprint density at radius 3 is 2.60 bits per heavy atom. The number of benzene rings is 1. The maximum Gasteiger partial charge on any atom is 0.251 e. The van der Waals surface area contributed by atoms with Gasteiger partial charge in [-0.05, 0) is 5.56 Å². The first kappa shape index (κ1) is 9.77. The van der Waals surface area contributed by atoms with E-state index in [0.29, 0.717) is 17.7 Å². The van der Waals surface area contributed by atoms with Gasteiger partial charge in [-0.25, -0.2) is 0 Å². The largest absolute Gasteiger partial charge is 0.398 e. The fourth-order valence-electron chi connectivity index (χ4n) is 1.85. The lowest BCUT2D eigenvalue weighted by atomic mass is 10.1. The van der Waals surface area contributed by atoms with Crippen molar-refractivity contribution in [1.82, 2.24) is 4.90 Å². The highest BCUT2D eigenvalue weighted by atomic mass is 16.2. The molecule has 0 spiro atoms. The molecule has 1 aromatic carbocycles. The Labute approximate surface area is 89.2 Å². The van der Waals surface area contributed by atoms with Crippen LogP contribution in [0.3, 0.4) is 0 Å². The Bertz CT molecular complexity index is 447. The molecule has 3 heteroatoms. The second kappa shape index (κ2) is 3.42. The lowest BCUT2D eigenvalue weighted by Crippen LogP contribution is -2.24. The number of carbonyl (C=O) groups excluding carboxylic acids is 1. The summed E-state index contributed by atoms with van der Waals surface area (Å²) in [5.41, 5.74) is 9.44. The minimum Gasteiger partial charge on any atom is -0.398 e. The van der Waals surface area contributed by atoms with Crippen molar-refractivity contribution < 1.29 is 4.79 Å². The predicted molar refractivity (Wildman–Crippen MR) is 59.9 cm³/mol. The first-order valence-electron chi connectivity index (χ1n) is 4.90. The molecule has 0 saturated carbocycles. The van der Waals surface area contributed by atoms with Crippen LogP contribution in [0.2, 0.25) is 0 Å². The van der Waals surface area contributed by atoms with Gasteiger partial charge < -0.3 is 10.6 Å². The number of carbonyl (C=O) groups is 1. The normalized spacial score (nSPS) is 14.0. The quantitative estimate of drug-likeness (QED) is 0.738. The summed E-state index contributed by atoms with van der Waals surface area (Å²) in [5, 5.41) is 0. The number of nitrogens with zero attached hydrogens (tertiary/aromatic N) is 1. The van der Waals surface area contributed by atoms with Crippen LogP contribution in [0.15, 0.2) is 29.8 Å². The molecular weight excluding hydrogens is 188 g/mol. The molecule has 1 aliphatic carbocycles. The van der Waals surface area contributed by atoms with E-state index in [9.17, 15) is 4.79 Å². The molecule has 2 N–H and O–H groups in total. The van der Waals surface area contributed by atoms with Crippen molar-refractivity contribution >= 4 is 11.6 Å². The van der Waals surface area contributed by atoms with Crippen LogP contribution >= 0.6 is 0 Å². The summed E-state index contributed by atoms with van der Waals surface area (Å²) in [7, 11) is 3.48. The molecule has 0 fully saturated rings. The second-order valence-electron chi connectivity index (χ2n) is 3.93. The van der Waals surface area contributed by atoms with E-state index in [0.717, 1.165) is 11.1 Å². The number of amides is 1. The van der Waals surface area contributed by atoms with Crippen molar-refractivity contribution in [3.63, 3.8) is 0 Å². The van der Waals surface area contributed by atoms with Crippen LogP contribution < -0.4 is 5.73 Å². The zero-order valence-corrected chi connectivity index (χ0v) is 8.95. The van der Waals surface area contributed by atoms with Gasteiger partial charge >= 0.3 is 0 Å². The molecule has 3 nitrogen and oxygen atoms in total.